The fourth-order valence-electron chi connectivity index (χ4n) is 8.50. The lowest BCUT2D eigenvalue weighted by molar-refractivity contribution is -0.139. The molecule has 2 aromatic heterocycles. The van der Waals surface area contributed by atoms with Crippen LogP contribution in [0.2, 0.25) is 10.0 Å². The van der Waals surface area contributed by atoms with Crippen LogP contribution in [0.1, 0.15) is 22.3 Å². The smallest absolute Gasteiger partial charge is 0.264 e. The number of halogens is 2. The molecule has 4 aliphatic heterocycles. The number of rotatable bonds is 10. The number of fused-ring (bicyclic) bond motifs is 2. The van der Waals surface area contributed by atoms with Gasteiger partial charge in [0.05, 0.1) is 0 Å². The van der Waals surface area contributed by atoms with Crippen molar-refractivity contribution < 1.29 is 19.1 Å². The van der Waals surface area contributed by atoms with E-state index in [0.29, 0.717) is 62.2 Å². The fraction of sp³-hybridized carbons (Fsp3) is 0.280. The summed E-state index contributed by atoms with van der Waals surface area (Å²) >= 11 is 12.9. The highest BCUT2D eigenvalue weighted by molar-refractivity contribution is 6.31. The monoisotopic (exact) mass is 896 g/mol. The van der Waals surface area contributed by atoms with Crippen molar-refractivity contribution in [1.29, 1.82) is 0 Å². The Morgan fingerprint density at radius 1 is 0.578 bits per heavy atom. The molecule has 2 amide bonds. The molecule has 2 atom stereocenters. The van der Waals surface area contributed by atoms with Crippen LogP contribution >= 0.6 is 23.2 Å². The minimum Gasteiger partial charge on any atom is -0.479 e. The fourth-order valence-corrected chi connectivity index (χ4v) is 8.98. The minimum absolute atomic E-state index is 0.0460. The van der Waals surface area contributed by atoms with Gasteiger partial charge in [-0.3, -0.25) is 9.59 Å². The van der Waals surface area contributed by atoms with Gasteiger partial charge in [-0.05, 0) is 70.8 Å². The standard InChI is InChI=1S/2C25H25ClN4O2/c2*26-20-12-19-13-22(25(31)30-10-8-27-9-11-30)32-24(19)21(15-20)18-6-7-28-23(14-18)29-16-17-4-2-1-3-5-17/h2*1-7,12,14-15,22,27H,8-11,13,16H2,(H,28,29)/t2*22-/m10/s1. The Morgan fingerprint density at radius 2 is 0.984 bits per heavy atom. The lowest BCUT2D eigenvalue weighted by atomic mass is 10.0. The van der Waals surface area contributed by atoms with E-state index in [0.717, 1.165) is 82.7 Å². The van der Waals surface area contributed by atoms with Crippen molar-refractivity contribution in [2.75, 3.05) is 63.0 Å². The molecule has 12 nitrogen and oxygen atoms in total. The highest BCUT2D eigenvalue weighted by Crippen LogP contribution is 2.43. The van der Waals surface area contributed by atoms with Gasteiger partial charge in [-0.2, -0.15) is 0 Å². The minimum atomic E-state index is -0.502. The molecule has 328 valence electrons. The first-order valence-electron chi connectivity index (χ1n) is 21.8. The molecular weight excluding hydrogens is 848 g/mol. The van der Waals surface area contributed by atoms with Gasteiger partial charge in [-0.1, -0.05) is 83.9 Å². The first-order chi connectivity index (χ1) is 31.3. The number of piperazine rings is 2. The van der Waals surface area contributed by atoms with E-state index in [1.807, 2.05) is 94.7 Å². The molecule has 0 aliphatic carbocycles. The van der Waals surface area contributed by atoms with Crippen molar-refractivity contribution in [3.8, 4) is 33.8 Å². The van der Waals surface area contributed by atoms with Crippen molar-refractivity contribution in [1.82, 2.24) is 30.4 Å². The molecule has 4 aromatic carbocycles. The van der Waals surface area contributed by atoms with Gasteiger partial charge in [0.15, 0.2) is 12.2 Å². The molecule has 10 rings (SSSR count). The normalized spacial score (nSPS) is 17.5. The Bertz CT molecular complexity index is 2410. The van der Waals surface area contributed by atoms with Crippen LogP contribution in [0.15, 0.2) is 122 Å². The molecular formula is C50H50Cl2N8O4. The summed E-state index contributed by atoms with van der Waals surface area (Å²) in [6.07, 6.45) is 3.62. The summed E-state index contributed by atoms with van der Waals surface area (Å²) in [6, 6.07) is 35.8. The third-order valence-corrected chi connectivity index (χ3v) is 12.2. The highest BCUT2D eigenvalue weighted by Gasteiger charge is 2.36. The van der Waals surface area contributed by atoms with E-state index in [1.165, 1.54) is 11.1 Å². The van der Waals surface area contributed by atoms with Crippen LogP contribution in [0.4, 0.5) is 11.6 Å². The summed E-state index contributed by atoms with van der Waals surface area (Å²) in [7, 11) is 0. The number of ether oxygens (including phenoxy) is 2. The van der Waals surface area contributed by atoms with Crippen molar-refractivity contribution in [2.24, 2.45) is 0 Å². The van der Waals surface area contributed by atoms with Crippen LogP contribution in [0, 0.1) is 0 Å². The number of nitrogens with one attached hydrogen (secondary N) is 4. The molecule has 0 saturated carbocycles. The molecule has 4 N–H and O–H groups in total. The van der Waals surface area contributed by atoms with Crippen LogP contribution in [0.25, 0.3) is 22.3 Å². The van der Waals surface area contributed by atoms with E-state index >= 15 is 0 Å². The van der Waals surface area contributed by atoms with Crippen LogP contribution < -0.4 is 30.7 Å². The molecule has 14 heteroatoms. The summed E-state index contributed by atoms with van der Waals surface area (Å²) in [5, 5.41) is 14.6. The Labute approximate surface area is 383 Å². The maximum Gasteiger partial charge on any atom is 0.264 e. The van der Waals surface area contributed by atoms with E-state index in [2.05, 4.69) is 55.5 Å². The molecule has 0 radical (unpaired) electrons. The second kappa shape index (κ2) is 20.1. The van der Waals surface area contributed by atoms with Gasteiger partial charge in [0.2, 0.25) is 0 Å². The van der Waals surface area contributed by atoms with E-state index in [9.17, 15) is 9.59 Å². The van der Waals surface area contributed by atoms with E-state index < -0.39 is 12.2 Å². The molecule has 2 saturated heterocycles. The van der Waals surface area contributed by atoms with Gasteiger partial charge in [0.1, 0.15) is 23.1 Å². The number of aromatic nitrogens is 2. The molecule has 6 heterocycles. The Morgan fingerprint density at radius 3 is 1.39 bits per heavy atom. The predicted octanol–water partition coefficient (Wildman–Crippen LogP) is 7.50. The van der Waals surface area contributed by atoms with Crippen LogP contribution in [0.5, 0.6) is 11.5 Å². The van der Waals surface area contributed by atoms with E-state index in [1.54, 1.807) is 12.4 Å². The van der Waals surface area contributed by atoms with Crippen molar-refractivity contribution >= 4 is 46.7 Å². The van der Waals surface area contributed by atoms with Crippen LogP contribution in [-0.4, -0.2) is 96.1 Å². The number of carbonyl (C=O) groups is 2. The van der Waals surface area contributed by atoms with E-state index in [4.69, 9.17) is 32.7 Å². The number of pyridine rings is 2. The zero-order chi connectivity index (χ0) is 43.8. The molecule has 2 fully saturated rings. The first-order valence-corrected chi connectivity index (χ1v) is 22.6. The Kier molecular flexibility index (Phi) is 13.5. The Hall–Kier alpha value is -6.18. The summed E-state index contributed by atoms with van der Waals surface area (Å²) in [5.41, 5.74) is 7.96. The topological polar surface area (TPSA) is 133 Å². The van der Waals surface area contributed by atoms with Gasteiger partial charge in [-0.15, -0.1) is 0 Å². The largest absolute Gasteiger partial charge is 0.479 e. The van der Waals surface area contributed by atoms with Gasteiger partial charge >= 0.3 is 0 Å². The number of hydrogen-bond donors (Lipinski definition) is 4. The third kappa shape index (κ3) is 10.3. The van der Waals surface area contributed by atoms with E-state index in [-0.39, 0.29) is 11.8 Å². The quantitative estimate of drug-likeness (QED) is 0.110. The number of hydrogen-bond acceptors (Lipinski definition) is 10. The summed E-state index contributed by atoms with van der Waals surface area (Å²) < 4.78 is 12.4. The number of anilines is 2. The summed E-state index contributed by atoms with van der Waals surface area (Å²) in [6.45, 7) is 7.48. The van der Waals surface area contributed by atoms with Crippen molar-refractivity contribution in [2.45, 2.75) is 38.1 Å². The number of carbonyl (C=O) groups excluding carboxylic acids is 2. The zero-order valence-electron chi connectivity index (χ0n) is 35.4. The molecule has 4 aliphatic rings. The SMILES string of the molecule is O=C([C@@H]1Cc2cc(Cl)cc(-c3ccnc(NCc4ccccc4)c3)c2O1)N1CCNCC1.O=C([C@H]1Cc2cc(Cl)cc(-c3ccnc(NCc4ccccc4)c3)c2O1)N1CCNCC1. The van der Waals surface area contributed by atoms with Crippen molar-refractivity contribution in [3.05, 3.63) is 154 Å². The average molecular weight is 898 g/mol. The maximum absolute atomic E-state index is 13.0. The lowest BCUT2D eigenvalue weighted by Crippen LogP contribution is -2.50. The molecule has 0 unspecified atom stereocenters. The highest BCUT2D eigenvalue weighted by atomic mass is 35.5. The first kappa shape index (κ1) is 43.1. The summed E-state index contributed by atoms with van der Waals surface area (Å²) in [5.74, 6) is 3.11. The van der Waals surface area contributed by atoms with Crippen molar-refractivity contribution in [3.63, 3.8) is 0 Å². The number of amides is 2. The molecule has 64 heavy (non-hydrogen) atoms. The van der Waals surface area contributed by atoms with Crippen LogP contribution in [-0.2, 0) is 35.5 Å². The maximum atomic E-state index is 13.0. The van der Waals surface area contributed by atoms with Gasteiger partial charge in [0, 0.05) is 123 Å². The second-order valence-electron chi connectivity index (χ2n) is 16.2. The average Bonchev–Trinajstić information content (AvgIpc) is 3.98. The van der Waals surface area contributed by atoms with Gasteiger partial charge in [-0.25, -0.2) is 9.97 Å². The van der Waals surface area contributed by atoms with Crippen LogP contribution in [0.3, 0.4) is 0 Å². The van der Waals surface area contributed by atoms with Gasteiger partial charge < -0.3 is 40.5 Å². The lowest BCUT2D eigenvalue weighted by Gasteiger charge is -2.29. The third-order valence-electron chi connectivity index (χ3n) is 11.8. The second-order valence-corrected chi connectivity index (χ2v) is 17.1. The number of nitrogens with zero attached hydrogens (tertiary/aromatic N) is 4. The zero-order valence-corrected chi connectivity index (χ0v) is 36.9. The Balaban J connectivity index is 0.000000162. The molecule has 6 aromatic rings. The molecule has 0 bridgehead atoms. The predicted molar refractivity (Wildman–Crippen MR) is 252 cm³/mol. The molecule has 0 spiro atoms. The van der Waals surface area contributed by atoms with Gasteiger partial charge in [0.25, 0.3) is 11.8 Å². The summed E-state index contributed by atoms with van der Waals surface area (Å²) in [4.78, 5) is 38.7. The number of benzene rings is 4.